The Labute approximate surface area is 111 Å². The molecular weight excluding hydrogens is 245 g/mol. The molecule has 4 heteroatoms. The van der Waals surface area contributed by atoms with Gasteiger partial charge in [-0.3, -0.25) is 4.79 Å². The van der Waals surface area contributed by atoms with Crippen LogP contribution in [0.25, 0.3) is 0 Å². The number of hydrogen-bond donors (Lipinski definition) is 1. The number of benzene rings is 2. The molecule has 0 saturated carbocycles. The molecule has 3 nitrogen and oxygen atoms in total. The summed E-state index contributed by atoms with van der Waals surface area (Å²) >= 11 is 0. The molecule has 0 heterocycles. The second kappa shape index (κ2) is 5.52. The second-order valence-corrected chi connectivity index (χ2v) is 4.17. The molecule has 0 atom stereocenters. The van der Waals surface area contributed by atoms with Gasteiger partial charge in [0.05, 0.1) is 12.8 Å². The van der Waals surface area contributed by atoms with Crippen molar-refractivity contribution >= 4 is 11.6 Å². The van der Waals surface area contributed by atoms with E-state index in [1.54, 1.807) is 36.4 Å². The fraction of sp³-hybridized carbons (Fsp3) is 0.133. The van der Waals surface area contributed by atoms with E-state index in [9.17, 15) is 9.18 Å². The van der Waals surface area contributed by atoms with Gasteiger partial charge >= 0.3 is 0 Å². The van der Waals surface area contributed by atoms with Crippen LogP contribution in [-0.4, -0.2) is 13.0 Å². The van der Waals surface area contributed by atoms with Crippen LogP contribution in [0.1, 0.15) is 15.9 Å². The first-order valence-corrected chi connectivity index (χ1v) is 5.81. The Morgan fingerprint density at radius 3 is 2.74 bits per heavy atom. The number of hydrogen-bond acceptors (Lipinski definition) is 2. The van der Waals surface area contributed by atoms with Crippen molar-refractivity contribution < 1.29 is 13.9 Å². The number of halogens is 1. The van der Waals surface area contributed by atoms with E-state index in [0.29, 0.717) is 11.3 Å². The molecule has 0 unspecified atom stereocenters. The van der Waals surface area contributed by atoms with Gasteiger partial charge in [-0.2, -0.15) is 0 Å². The number of nitrogens with one attached hydrogen (secondary N) is 1. The topological polar surface area (TPSA) is 38.3 Å². The van der Waals surface area contributed by atoms with Crippen molar-refractivity contribution in [3.63, 3.8) is 0 Å². The van der Waals surface area contributed by atoms with Crippen molar-refractivity contribution in [2.75, 3.05) is 12.4 Å². The van der Waals surface area contributed by atoms with Crippen molar-refractivity contribution in [2.45, 2.75) is 6.92 Å². The van der Waals surface area contributed by atoms with Crippen LogP contribution < -0.4 is 10.1 Å². The lowest BCUT2D eigenvalue weighted by atomic mass is 10.1. The molecule has 1 N–H and O–H groups in total. The van der Waals surface area contributed by atoms with E-state index in [2.05, 4.69) is 5.32 Å². The average Bonchev–Trinajstić information content (AvgIpc) is 2.43. The number of methoxy groups -OCH3 is 1. The van der Waals surface area contributed by atoms with Gasteiger partial charge in [-0.15, -0.1) is 0 Å². The number of carbonyl (C=O) groups excluding carboxylic acids is 1. The van der Waals surface area contributed by atoms with Crippen molar-refractivity contribution in [3.05, 3.63) is 59.4 Å². The number of anilines is 1. The van der Waals surface area contributed by atoms with Crippen LogP contribution in [0.15, 0.2) is 42.5 Å². The van der Waals surface area contributed by atoms with Crippen LogP contribution in [0.2, 0.25) is 0 Å². The Hall–Kier alpha value is -2.36. The van der Waals surface area contributed by atoms with E-state index in [-0.39, 0.29) is 11.6 Å². The fourth-order valence-electron chi connectivity index (χ4n) is 1.69. The van der Waals surface area contributed by atoms with Gasteiger partial charge in [0.15, 0.2) is 0 Å². The highest BCUT2D eigenvalue weighted by atomic mass is 19.1. The molecule has 0 aliphatic rings. The predicted molar refractivity (Wildman–Crippen MR) is 72.1 cm³/mol. The van der Waals surface area contributed by atoms with E-state index < -0.39 is 5.82 Å². The van der Waals surface area contributed by atoms with Gasteiger partial charge in [0.2, 0.25) is 0 Å². The Morgan fingerprint density at radius 1 is 1.21 bits per heavy atom. The molecule has 0 aliphatic carbocycles. The van der Waals surface area contributed by atoms with Crippen LogP contribution in [-0.2, 0) is 0 Å². The van der Waals surface area contributed by atoms with Crippen LogP contribution in [0.5, 0.6) is 5.75 Å². The smallest absolute Gasteiger partial charge is 0.255 e. The van der Waals surface area contributed by atoms with Gasteiger partial charge in [0.1, 0.15) is 11.6 Å². The van der Waals surface area contributed by atoms with Gasteiger partial charge in [-0.1, -0.05) is 12.1 Å². The van der Waals surface area contributed by atoms with Gasteiger partial charge in [-0.05, 0) is 42.8 Å². The van der Waals surface area contributed by atoms with Crippen molar-refractivity contribution in [3.8, 4) is 5.75 Å². The van der Waals surface area contributed by atoms with Crippen LogP contribution in [0, 0.1) is 12.7 Å². The maximum atomic E-state index is 13.6. The summed E-state index contributed by atoms with van der Waals surface area (Å²) in [5.41, 5.74) is 1.47. The summed E-state index contributed by atoms with van der Waals surface area (Å²) in [5.74, 6) is -0.248. The summed E-state index contributed by atoms with van der Waals surface area (Å²) in [4.78, 5) is 12.0. The molecule has 0 aromatic heterocycles. The first-order valence-electron chi connectivity index (χ1n) is 5.81. The van der Waals surface area contributed by atoms with Gasteiger partial charge in [-0.25, -0.2) is 4.39 Å². The van der Waals surface area contributed by atoms with E-state index in [1.807, 2.05) is 6.92 Å². The Kier molecular flexibility index (Phi) is 3.80. The summed E-state index contributed by atoms with van der Waals surface area (Å²) in [6.07, 6.45) is 0. The summed E-state index contributed by atoms with van der Waals surface area (Å²) in [6, 6.07) is 11.3. The lowest BCUT2D eigenvalue weighted by molar-refractivity contribution is 0.102. The average molecular weight is 259 g/mol. The molecule has 2 rings (SSSR count). The van der Waals surface area contributed by atoms with Gasteiger partial charge < -0.3 is 10.1 Å². The Balaban J connectivity index is 2.22. The lowest BCUT2D eigenvalue weighted by Gasteiger charge is -2.08. The third-order valence-electron chi connectivity index (χ3n) is 2.70. The Morgan fingerprint density at radius 2 is 2.00 bits per heavy atom. The number of carbonyl (C=O) groups is 1. The Bertz CT molecular complexity index is 611. The zero-order valence-electron chi connectivity index (χ0n) is 10.7. The number of amides is 1. The number of ether oxygens (including phenoxy) is 1. The summed E-state index contributed by atoms with van der Waals surface area (Å²) < 4.78 is 18.6. The summed E-state index contributed by atoms with van der Waals surface area (Å²) in [6.45, 7) is 1.83. The fourth-order valence-corrected chi connectivity index (χ4v) is 1.69. The van der Waals surface area contributed by atoms with Gasteiger partial charge in [0, 0.05) is 5.56 Å². The van der Waals surface area contributed by atoms with E-state index in [4.69, 9.17) is 4.74 Å². The monoisotopic (exact) mass is 259 g/mol. The molecule has 0 fully saturated rings. The van der Waals surface area contributed by atoms with E-state index in [1.165, 1.54) is 13.2 Å². The van der Waals surface area contributed by atoms with Gasteiger partial charge in [0.25, 0.3) is 5.91 Å². The number of rotatable bonds is 3. The third kappa shape index (κ3) is 3.10. The number of aryl methyl sites for hydroxylation is 1. The molecule has 19 heavy (non-hydrogen) atoms. The highest BCUT2D eigenvalue weighted by Crippen LogP contribution is 2.18. The second-order valence-electron chi connectivity index (χ2n) is 4.17. The molecule has 98 valence electrons. The molecule has 0 radical (unpaired) electrons. The summed E-state index contributed by atoms with van der Waals surface area (Å²) in [7, 11) is 1.53. The highest BCUT2D eigenvalue weighted by Gasteiger charge is 2.10. The quantitative estimate of drug-likeness (QED) is 0.917. The molecule has 2 aromatic rings. The van der Waals surface area contributed by atoms with Crippen LogP contribution in [0.4, 0.5) is 10.1 Å². The minimum absolute atomic E-state index is 0.174. The SMILES string of the molecule is COc1cccc(C(=O)Nc2cc(C)ccc2F)c1. The molecule has 2 aromatic carbocycles. The minimum atomic E-state index is -0.457. The minimum Gasteiger partial charge on any atom is -0.497 e. The van der Waals surface area contributed by atoms with E-state index in [0.717, 1.165) is 5.56 Å². The van der Waals surface area contributed by atoms with E-state index >= 15 is 0 Å². The van der Waals surface area contributed by atoms with Crippen LogP contribution >= 0.6 is 0 Å². The zero-order chi connectivity index (χ0) is 13.8. The molecule has 0 saturated heterocycles. The van der Waals surface area contributed by atoms with Crippen molar-refractivity contribution in [1.29, 1.82) is 0 Å². The maximum Gasteiger partial charge on any atom is 0.255 e. The molecular formula is C15H14FNO2. The maximum absolute atomic E-state index is 13.6. The molecule has 0 spiro atoms. The first kappa shape index (κ1) is 13.1. The largest absolute Gasteiger partial charge is 0.497 e. The normalized spacial score (nSPS) is 10.1. The zero-order valence-corrected chi connectivity index (χ0v) is 10.7. The summed E-state index contributed by atoms with van der Waals surface area (Å²) in [5, 5.41) is 2.55. The first-order chi connectivity index (χ1) is 9.10. The third-order valence-corrected chi connectivity index (χ3v) is 2.70. The highest BCUT2D eigenvalue weighted by molar-refractivity contribution is 6.04. The standard InChI is InChI=1S/C15H14FNO2/c1-10-6-7-13(16)14(8-10)17-15(18)11-4-3-5-12(9-11)19-2/h3-9H,1-2H3,(H,17,18). The molecule has 0 bridgehead atoms. The predicted octanol–water partition coefficient (Wildman–Crippen LogP) is 3.40. The van der Waals surface area contributed by atoms with Crippen LogP contribution in [0.3, 0.4) is 0 Å². The molecule has 1 amide bonds. The van der Waals surface area contributed by atoms with Crippen molar-refractivity contribution in [2.24, 2.45) is 0 Å². The van der Waals surface area contributed by atoms with Crippen molar-refractivity contribution in [1.82, 2.24) is 0 Å². The lowest BCUT2D eigenvalue weighted by Crippen LogP contribution is -2.13. The molecule has 0 aliphatic heterocycles.